The average Bonchev–Trinajstić information content (AvgIpc) is 3.46. The first-order chi connectivity index (χ1) is 19.3. The third-order valence-corrected chi connectivity index (χ3v) is 7.67. The number of thioether (sulfide) groups is 1. The van der Waals surface area contributed by atoms with Crippen molar-refractivity contribution >= 4 is 69.9 Å². The topological polar surface area (TPSA) is 96.5 Å². The van der Waals surface area contributed by atoms with Gasteiger partial charge in [-0.1, -0.05) is 35.9 Å². The molecule has 40 heavy (non-hydrogen) atoms. The molecule has 0 aliphatic carbocycles. The summed E-state index contributed by atoms with van der Waals surface area (Å²) in [4.78, 5) is 39.6. The maximum atomic E-state index is 13.2. The SMILES string of the molecule is COc1ccc(NC(=O)C(C)Sc2cccc(NC(=O)/C(=C/c3ccsc3)NC(=O)c3ccccc3)c2)cc1Cl. The fourth-order valence-electron chi connectivity index (χ4n) is 3.56. The van der Waals surface area contributed by atoms with E-state index in [1.807, 2.05) is 29.0 Å². The molecule has 1 unspecified atom stereocenters. The Morgan fingerprint density at radius 1 is 0.950 bits per heavy atom. The van der Waals surface area contributed by atoms with Gasteiger partial charge in [0.2, 0.25) is 5.91 Å². The first-order valence-electron chi connectivity index (χ1n) is 12.1. The predicted molar refractivity (Wildman–Crippen MR) is 163 cm³/mol. The Morgan fingerprint density at radius 3 is 2.42 bits per heavy atom. The number of hydrogen-bond donors (Lipinski definition) is 3. The van der Waals surface area contributed by atoms with E-state index in [1.165, 1.54) is 30.2 Å². The van der Waals surface area contributed by atoms with E-state index in [0.29, 0.717) is 27.7 Å². The Balaban J connectivity index is 1.43. The minimum atomic E-state index is -0.472. The largest absolute Gasteiger partial charge is 0.495 e. The van der Waals surface area contributed by atoms with Crippen LogP contribution in [0.2, 0.25) is 5.02 Å². The van der Waals surface area contributed by atoms with Crippen LogP contribution in [0.4, 0.5) is 11.4 Å². The lowest BCUT2D eigenvalue weighted by atomic mass is 10.2. The summed E-state index contributed by atoms with van der Waals surface area (Å²) in [7, 11) is 1.52. The summed E-state index contributed by atoms with van der Waals surface area (Å²) in [5.74, 6) is -0.543. The van der Waals surface area contributed by atoms with Crippen molar-refractivity contribution in [1.29, 1.82) is 0 Å². The second-order valence-corrected chi connectivity index (χ2v) is 11.1. The molecule has 0 aliphatic rings. The number of methoxy groups -OCH3 is 1. The molecule has 0 saturated heterocycles. The van der Waals surface area contributed by atoms with Crippen LogP contribution in [0.15, 0.2) is 100 Å². The molecular weight excluding hydrogens is 566 g/mol. The second kappa shape index (κ2) is 13.8. The third-order valence-electron chi connectivity index (χ3n) is 5.58. The number of amides is 3. The summed E-state index contributed by atoms with van der Waals surface area (Å²) >= 11 is 8.99. The molecule has 3 amide bonds. The number of ether oxygens (including phenoxy) is 1. The van der Waals surface area contributed by atoms with Crippen molar-refractivity contribution in [2.24, 2.45) is 0 Å². The highest BCUT2D eigenvalue weighted by Gasteiger charge is 2.18. The van der Waals surface area contributed by atoms with E-state index < -0.39 is 11.2 Å². The highest BCUT2D eigenvalue weighted by Crippen LogP contribution is 2.29. The van der Waals surface area contributed by atoms with E-state index >= 15 is 0 Å². The predicted octanol–water partition coefficient (Wildman–Crippen LogP) is 6.94. The number of nitrogens with one attached hydrogen (secondary N) is 3. The Labute approximate surface area is 245 Å². The molecule has 0 saturated carbocycles. The van der Waals surface area contributed by atoms with Gasteiger partial charge in [-0.2, -0.15) is 11.3 Å². The number of hydrogen-bond acceptors (Lipinski definition) is 6. The number of halogens is 1. The number of carbonyl (C=O) groups is 3. The molecule has 3 N–H and O–H groups in total. The molecule has 1 aromatic heterocycles. The van der Waals surface area contributed by atoms with E-state index in [4.69, 9.17) is 16.3 Å². The normalized spacial score (nSPS) is 11.8. The first kappa shape index (κ1) is 28.9. The van der Waals surface area contributed by atoms with Gasteiger partial charge in [-0.25, -0.2) is 0 Å². The van der Waals surface area contributed by atoms with Crippen LogP contribution >= 0.6 is 34.7 Å². The van der Waals surface area contributed by atoms with Crippen LogP contribution in [0, 0.1) is 0 Å². The van der Waals surface area contributed by atoms with Gasteiger partial charge in [-0.15, -0.1) is 11.8 Å². The molecule has 1 heterocycles. The van der Waals surface area contributed by atoms with Crippen LogP contribution in [0.3, 0.4) is 0 Å². The van der Waals surface area contributed by atoms with E-state index in [0.717, 1.165) is 10.5 Å². The second-order valence-electron chi connectivity index (χ2n) is 8.52. The molecule has 1 atom stereocenters. The summed E-state index contributed by atoms with van der Waals surface area (Å²) in [6, 6.07) is 22.7. The Bertz CT molecular complexity index is 1530. The minimum absolute atomic E-state index is 0.108. The fraction of sp³-hybridized carbons (Fsp3) is 0.100. The summed E-state index contributed by atoms with van der Waals surface area (Å²) < 4.78 is 5.15. The van der Waals surface area contributed by atoms with Crippen LogP contribution in [0.25, 0.3) is 6.08 Å². The third kappa shape index (κ3) is 7.98. The lowest BCUT2D eigenvalue weighted by Gasteiger charge is -2.14. The van der Waals surface area contributed by atoms with E-state index in [9.17, 15) is 14.4 Å². The summed E-state index contributed by atoms with van der Waals surface area (Å²) in [5, 5.41) is 12.2. The van der Waals surface area contributed by atoms with Crippen LogP contribution in [-0.2, 0) is 9.59 Å². The number of rotatable bonds is 10. The number of anilines is 2. The van der Waals surface area contributed by atoms with Crippen molar-refractivity contribution in [2.75, 3.05) is 17.7 Å². The lowest BCUT2D eigenvalue weighted by Crippen LogP contribution is -2.30. The van der Waals surface area contributed by atoms with Crippen LogP contribution in [-0.4, -0.2) is 30.1 Å². The molecule has 204 valence electrons. The monoisotopic (exact) mass is 591 g/mol. The number of carbonyl (C=O) groups excluding carboxylic acids is 3. The zero-order valence-corrected chi connectivity index (χ0v) is 24.0. The van der Waals surface area contributed by atoms with Gasteiger partial charge in [-0.05, 0) is 83.9 Å². The molecule has 0 bridgehead atoms. The van der Waals surface area contributed by atoms with E-state index in [-0.39, 0.29) is 17.5 Å². The molecule has 7 nitrogen and oxygen atoms in total. The maximum Gasteiger partial charge on any atom is 0.272 e. The molecule has 3 aromatic carbocycles. The number of thiophene rings is 1. The highest BCUT2D eigenvalue weighted by atomic mass is 35.5. The van der Waals surface area contributed by atoms with Crippen molar-refractivity contribution in [3.05, 3.63) is 111 Å². The van der Waals surface area contributed by atoms with Crippen molar-refractivity contribution < 1.29 is 19.1 Å². The zero-order chi connectivity index (χ0) is 28.5. The van der Waals surface area contributed by atoms with Gasteiger partial charge < -0.3 is 20.7 Å². The Hall–Kier alpha value is -4.05. The van der Waals surface area contributed by atoms with Gasteiger partial charge in [0.05, 0.1) is 17.4 Å². The molecule has 0 spiro atoms. The van der Waals surface area contributed by atoms with Crippen molar-refractivity contribution in [3.63, 3.8) is 0 Å². The molecule has 0 fully saturated rings. The van der Waals surface area contributed by atoms with Crippen LogP contribution < -0.4 is 20.7 Å². The van der Waals surface area contributed by atoms with Crippen molar-refractivity contribution in [3.8, 4) is 5.75 Å². The Morgan fingerprint density at radius 2 is 1.73 bits per heavy atom. The zero-order valence-electron chi connectivity index (χ0n) is 21.6. The molecule has 4 aromatic rings. The molecule has 10 heteroatoms. The lowest BCUT2D eigenvalue weighted by molar-refractivity contribution is -0.115. The van der Waals surface area contributed by atoms with Crippen LogP contribution in [0.1, 0.15) is 22.8 Å². The van der Waals surface area contributed by atoms with Crippen molar-refractivity contribution in [1.82, 2.24) is 5.32 Å². The highest BCUT2D eigenvalue weighted by molar-refractivity contribution is 8.00. The summed E-state index contributed by atoms with van der Waals surface area (Å²) in [5.41, 5.74) is 2.43. The van der Waals surface area contributed by atoms with Gasteiger partial charge >= 0.3 is 0 Å². The first-order valence-corrected chi connectivity index (χ1v) is 14.3. The minimum Gasteiger partial charge on any atom is -0.495 e. The van der Waals surface area contributed by atoms with E-state index in [1.54, 1.807) is 73.7 Å². The smallest absolute Gasteiger partial charge is 0.272 e. The molecule has 0 aliphatic heterocycles. The van der Waals surface area contributed by atoms with Crippen LogP contribution in [0.5, 0.6) is 5.75 Å². The van der Waals surface area contributed by atoms with Gasteiger partial charge in [-0.3, -0.25) is 14.4 Å². The summed E-state index contributed by atoms with van der Waals surface area (Å²) in [6.45, 7) is 1.79. The van der Waals surface area contributed by atoms with E-state index in [2.05, 4.69) is 16.0 Å². The fourth-order valence-corrected chi connectivity index (χ4v) is 5.36. The van der Waals surface area contributed by atoms with Gasteiger partial charge in [0.25, 0.3) is 11.8 Å². The standard InChI is InChI=1S/C30H26ClN3O4S2/c1-19(28(35)32-23-11-12-27(38-2)25(31)17-23)40-24-10-6-9-22(16-24)33-30(37)26(15-20-13-14-39-18-20)34-29(36)21-7-4-3-5-8-21/h3-19H,1-2H3,(H,32,35)(H,33,37)(H,34,36)/b26-15-. The average molecular weight is 592 g/mol. The Kier molecular flexibility index (Phi) is 10.0. The maximum absolute atomic E-state index is 13.2. The van der Waals surface area contributed by atoms with Crippen molar-refractivity contribution in [2.45, 2.75) is 17.1 Å². The van der Waals surface area contributed by atoms with Gasteiger partial charge in [0, 0.05) is 21.8 Å². The summed E-state index contributed by atoms with van der Waals surface area (Å²) in [6.07, 6.45) is 1.63. The van der Waals surface area contributed by atoms with Gasteiger partial charge in [0.1, 0.15) is 11.4 Å². The molecular formula is C30H26ClN3O4S2. The molecule has 0 radical (unpaired) electrons. The number of benzene rings is 3. The van der Waals surface area contributed by atoms with Gasteiger partial charge in [0.15, 0.2) is 0 Å². The molecule has 4 rings (SSSR count). The quantitative estimate of drug-likeness (QED) is 0.137.